The maximum absolute atomic E-state index is 10.7. The summed E-state index contributed by atoms with van der Waals surface area (Å²) < 4.78 is 2.04. The lowest BCUT2D eigenvalue weighted by Crippen LogP contribution is -2.49. The molecule has 4 fully saturated rings. The second kappa shape index (κ2) is 7.79. The number of anilines is 1. The van der Waals surface area contributed by atoms with Gasteiger partial charge in [-0.2, -0.15) is 5.10 Å². The molecule has 0 saturated heterocycles. The van der Waals surface area contributed by atoms with Gasteiger partial charge >= 0.3 is 0 Å². The van der Waals surface area contributed by atoms with Crippen molar-refractivity contribution in [3.05, 3.63) is 76.1 Å². The van der Waals surface area contributed by atoms with Crippen LogP contribution >= 0.6 is 0 Å². The number of hydrogen-bond acceptors (Lipinski definition) is 6. The highest BCUT2D eigenvalue weighted by Crippen LogP contribution is 2.60. The molecule has 4 aliphatic carbocycles. The molecule has 0 unspecified atom stereocenters. The van der Waals surface area contributed by atoms with Gasteiger partial charge < -0.3 is 0 Å². The minimum atomic E-state index is -0.418. The van der Waals surface area contributed by atoms with Crippen molar-refractivity contribution in [3.63, 3.8) is 0 Å². The number of nitro groups is 1. The van der Waals surface area contributed by atoms with E-state index in [4.69, 9.17) is 0 Å². The second-order valence-electron chi connectivity index (χ2n) is 9.99. The van der Waals surface area contributed by atoms with Gasteiger partial charge in [0.15, 0.2) is 0 Å². The lowest BCUT2D eigenvalue weighted by molar-refractivity contribution is -0.384. The minimum Gasteiger partial charge on any atom is -0.278 e. The number of non-ortho nitro benzene ring substituents is 1. The minimum absolute atomic E-state index is 0.0566. The lowest BCUT2D eigenvalue weighted by atomic mass is 9.49. The van der Waals surface area contributed by atoms with E-state index >= 15 is 0 Å². The molecule has 7 rings (SSSR count). The fourth-order valence-corrected chi connectivity index (χ4v) is 6.75. The highest BCUT2D eigenvalue weighted by atomic mass is 16.6. The van der Waals surface area contributed by atoms with Crippen LogP contribution < -0.4 is 5.43 Å². The Morgan fingerprint density at radius 2 is 1.64 bits per heavy atom. The average Bonchev–Trinajstić information content (AvgIpc) is 3.30. The van der Waals surface area contributed by atoms with E-state index in [9.17, 15) is 10.1 Å². The summed E-state index contributed by atoms with van der Waals surface area (Å²) in [5, 5.41) is 23.8. The predicted octanol–water partition coefficient (Wildman–Crippen LogP) is 5.09. The number of nitrogens with one attached hydrogen (secondary N) is 1. The van der Waals surface area contributed by atoms with Crippen LogP contribution in [0.25, 0.3) is 5.69 Å². The molecule has 2 aromatic carbocycles. The largest absolute Gasteiger partial charge is 0.278 e. The first-order valence-electron chi connectivity index (χ1n) is 11.6. The van der Waals surface area contributed by atoms with E-state index < -0.39 is 4.92 Å². The van der Waals surface area contributed by atoms with Crippen molar-refractivity contribution >= 4 is 17.6 Å². The third-order valence-electron chi connectivity index (χ3n) is 7.75. The molecule has 0 aliphatic heterocycles. The van der Waals surface area contributed by atoms with Gasteiger partial charge in [0.2, 0.25) is 0 Å². The molecule has 4 aliphatic rings. The molecule has 1 heterocycles. The van der Waals surface area contributed by atoms with E-state index in [1.165, 1.54) is 56.4 Å². The van der Waals surface area contributed by atoms with Crippen LogP contribution in [0.2, 0.25) is 0 Å². The topological polar surface area (TPSA) is 98.2 Å². The van der Waals surface area contributed by atoms with Crippen LogP contribution in [0.3, 0.4) is 0 Å². The Labute approximate surface area is 191 Å². The van der Waals surface area contributed by atoms with Gasteiger partial charge in [-0.15, -0.1) is 5.10 Å². The maximum Gasteiger partial charge on any atom is 0.269 e. The Morgan fingerprint density at radius 1 is 1.00 bits per heavy atom. The fourth-order valence-electron chi connectivity index (χ4n) is 6.75. The Balaban J connectivity index is 1.17. The van der Waals surface area contributed by atoms with Crippen molar-refractivity contribution in [2.24, 2.45) is 22.9 Å². The summed E-state index contributed by atoms with van der Waals surface area (Å²) in [5.74, 6) is 2.63. The first kappa shape index (κ1) is 20.1. The van der Waals surface area contributed by atoms with Gasteiger partial charge in [-0.05, 0) is 86.1 Å². The summed E-state index contributed by atoms with van der Waals surface area (Å²) in [6, 6.07) is 14.3. The fraction of sp³-hybridized carbons (Fsp3) is 0.400. The van der Waals surface area contributed by atoms with E-state index in [1.807, 2.05) is 23.0 Å². The molecule has 168 valence electrons. The van der Waals surface area contributed by atoms with E-state index in [0.29, 0.717) is 5.69 Å². The number of rotatable bonds is 6. The van der Waals surface area contributed by atoms with Crippen molar-refractivity contribution in [3.8, 4) is 5.69 Å². The highest BCUT2D eigenvalue weighted by molar-refractivity contribution is 5.80. The van der Waals surface area contributed by atoms with Crippen molar-refractivity contribution < 1.29 is 4.92 Å². The van der Waals surface area contributed by atoms with Crippen LogP contribution in [0, 0.1) is 27.9 Å². The van der Waals surface area contributed by atoms with Crippen LogP contribution in [-0.4, -0.2) is 26.1 Å². The molecule has 4 saturated carbocycles. The summed E-state index contributed by atoms with van der Waals surface area (Å²) in [7, 11) is 0. The van der Waals surface area contributed by atoms with E-state index in [-0.39, 0.29) is 11.1 Å². The summed E-state index contributed by atoms with van der Waals surface area (Å²) in [5.41, 5.74) is 7.15. The molecule has 8 heteroatoms. The molecular formula is C25H26N6O2. The van der Waals surface area contributed by atoms with E-state index in [1.54, 1.807) is 18.3 Å². The SMILES string of the molecule is O=[N+]([O-])c1ccc(N/N=C\c2ccc(-n3nncc3C34CC5CC(CC(C5)C3)C4)cc2)cc1. The van der Waals surface area contributed by atoms with Crippen molar-refractivity contribution in [2.45, 2.75) is 43.9 Å². The molecule has 0 radical (unpaired) electrons. The Hall–Kier alpha value is -3.55. The molecule has 0 amide bonds. The van der Waals surface area contributed by atoms with Gasteiger partial charge in [0.1, 0.15) is 0 Å². The maximum atomic E-state index is 10.7. The lowest BCUT2D eigenvalue weighted by Gasteiger charge is -2.56. The van der Waals surface area contributed by atoms with Crippen LogP contribution in [0.15, 0.2) is 59.8 Å². The van der Waals surface area contributed by atoms with Crippen molar-refractivity contribution in [2.75, 3.05) is 5.43 Å². The van der Waals surface area contributed by atoms with Gasteiger partial charge in [0.05, 0.1) is 34.4 Å². The third kappa shape index (κ3) is 3.69. The van der Waals surface area contributed by atoms with Gasteiger partial charge in [-0.1, -0.05) is 17.3 Å². The monoisotopic (exact) mass is 442 g/mol. The third-order valence-corrected chi connectivity index (χ3v) is 7.75. The van der Waals surface area contributed by atoms with Gasteiger partial charge in [-0.3, -0.25) is 15.5 Å². The predicted molar refractivity (Wildman–Crippen MR) is 126 cm³/mol. The van der Waals surface area contributed by atoms with E-state index in [2.05, 4.69) is 33.0 Å². The standard InChI is InChI=1S/C25H26N6O2/c32-31(33)23-7-3-21(4-8-23)28-26-15-17-1-5-22(6-2-17)30-24(16-27-29-30)25-12-18-9-19(13-25)11-20(10-18)14-25/h1-8,15-16,18-20,28H,9-14H2/b26-15-. The van der Waals surface area contributed by atoms with Crippen molar-refractivity contribution in [1.29, 1.82) is 0 Å². The summed E-state index contributed by atoms with van der Waals surface area (Å²) in [6.07, 6.45) is 11.8. The molecule has 33 heavy (non-hydrogen) atoms. The molecule has 8 nitrogen and oxygen atoms in total. The number of hydrogen-bond donors (Lipinski definition) is 1. The first-order valence-corrected chi connectivity index (χ1v) is 11.6. The summed E-state index contributed by atoms with van der Waals surface area (Å²) in [6.45, 7) is 0. The molecular weight excluding hydrogens is 416 g/mol. The quantitative estimate of drug-likeness (QED) is 0.326. The molecule has 1 N–H and O–H groups in total. The average molecular weight is 443 g/mol. The molecule has 3 aromatic rings. The summed E-state index contributed by atoms with van der Waals surface area (Å²) >= 11 is 0. The zero-order valence-corrected chi connectivity index (χ0v) is 18.3. The molecule has 0 atom stereocenters. The zero-order valence-electron chi connectivity index (χ0n) is 18.3. The van der Waals surface area contributed by atoms with Crippen LogP contribution in [0.1, 0.15) is 49.8 Å². The molecule has 4 bridgehead atoms. The Kier molecular flexibility index (Phi) is 4.74. The Bertz CT molecular complexity index is 1160. The number of benzene rings is 2. The summed E-state index contributed by atoms with van der Waals surface area (Å²) in [4.78, 5) is 10.3. The van der Waals surface area contributed by atoms with Gasteiger partial charge in [-0.25, -0.2) is 4.68 Å². The molecule has 0 spiro atoms. The number of nitro benzene ring substituents is 1. The zero-order chi connectivity index (χ0) is 22.4. The highest BCUT2D eigenvalue weighted by Gasteiger charge is 2.53. The van der Waals surface area contributed by atoms with Crippen LogP contribution in [0.4, 0.5) is 11.4 Å². The van der Waals surface area contributed by atoms with E-state index in [0.717, 1.165) is 29.0 Å². The molecule has 1 aromatic heterocycles. The first-order chi connectivity index (χ1) is 16.1. The number of hydrazone groups is 1. The van der Waals surface area contributed by atoms with Crippen LogP contribution in [-0.2, 0) is 5.41 Å². The second-order valence-corrected chi connectivity index (χ2v) is 9.99. The number of nitrogens with zero attached hydrogens (tertiary/aromatic N) is 5. The number of aromatic nitrogens is 3. The Morgan fingerprint density at radius 3 is 2.24 bits per heavy atom. The van der Waals surface area contributed by atoms with Gasteiger partial charge in [0.25, 0.3) is 5.69 Å². The van der Waals surface area contributed by atoms with Crippen molar-refractivity contribution in [1.82, 2.24) is 15.0 Å². The van der Waals surface area contributed by atoms with Gasteiger partial charge in [0, 0.05) is 17.5 Å². The normalized spacial score (nSPS) is 27.8. The smallest absolute Gasteiger partial charge is 0.269 e. The van der Waals surface area contributed by atoms with Crippen LogP contribution in [0.5, 0.6) is 0 Å².